The van der Waals surface area contributed by atoms with Gasteiger partial charge in [-0.05, 0) is 72.6 Å². The van der Waals surface area contributed by atoms with Crippen molar-refractivity contribution < 1.29 is 5.11 Å². The van der Waals surface area contributed by atoms with Crippen LogP contribution >= 0.6 is 0 Å². The van der Waals surface area contributed by atoms with Gasteiger partial charge in [-0.1, -0.05) is 44.5 Å². The first-order valence-corrected chi connectivity index (χ1v) is 8.07. The van der Waals surface area contributed by atoms with Crippen LogP contribution in [-0.4, -0.2) is 5.11 Å². The molecule has 2 aromatic carbocycles. The van der Waals surface area contributed by atoms with Crippen molar-refractivity contribution in [2.45, 2.75) is 58.8 Å². The second-order valence-electron chi connectivity index (χ2n) is 7.90. The van der Waals surface area contributed by atoms with E-state index in [1.54, 1.807) is 0 Å². The van der Waals surface area contributed by atoms with Gasteiger partial charge in [0.15, 0.2) is 0 Å². The minimum absolute atomic E-state index is 0.00833. The van der Waals surface area contributed by atoms with E-state index >= 15 is 0 Å². The van der Waals surface area contributed by atoms with Crippen LogP contribution in [0.2, 0.25) is 0 Å². The molecule has 22 heavy (non-hydrogen) atoms. The number of phenols is 1. The van der Waals surface area contributed by atoms with Gasteiger partial charge in [0.25, 0.3) is 0 Å². The molecule has 1 N–H and O–H groups in total. The number of benzene rings is 2. The maximum Gasteiger partial charge on any atom is 0.116 e. The second kappa shape index (κ2) is 4.62. The largest absolute Gasteiger partial charge is 0.508 e. The summed E-state index contributed by atoms with van der Waals surface area (Å²) in [7, 11) is 0. The van der Waals surface area contributed by atoms with Crippen LogP contribution in [0.1, 0.15) is 60.6 Å². The highest BCUT2D eigenvalue weighted by atomic mass is 16.3. The molecule has 1 heteroatoms. The number of hydrogen-bond acceptors (Lipinski definition) is 1. The predicted molar refractivity (Wildman–Crippen MR) is 92.9 cm³/mol. The summed E-state index contributed by atoms with van der Waals surface area (Å²) in [5.74, 6) is 0.384. The quantitative estimate of drug-likeness (QED) is 0.756. The highest BCUT2D eigenvalue weighted by Crippen LogP contribution is 2.55. The lowest BCUT2D eigenvalue weighted by molar-refractivity contribution is 0.422. The lowest BCUT2D eigenvalue weighted by Crippen LogP contribution is -2.25. The van der Waals surface area contributed by atoms with Gasteiger partial charge in [-0.3, -0.25) is 0 Å². The summed E-state index contributed by atoms with van der Waals surface area (Å²) in [5.41, 5.74) is 8.07. The summed E-state index contributed by atoms with van der Waals surface area (Å²) in [6.45, 7) is 13.4. The predicted octanol–water partition coefficient (Wildman–Crippen LogP) is 5.30. The molecule has 1 nitrogen and oxygen atoms in total. The molecule has 0 radical (unpaired) electrons. The topological polar surface area (TPSA) is 20.2 Å². The second-order valence-corrected chi connectivity index (χ2v) is 7.90. The molecule has 3 rings (SSSR count). The van der Waals surface area contributed by atoms with E-state index in [0.717, 1.165) is 6.42 Å². The zero-order chi connectivity index (χ0) is 16.3. The summed E-state index contributed by atoms with van der Waals surface area (Å²) in [6.07, 6.45) is 1.07. The first-order chi connectivity index (χ1) is 10.1. The third-order valence-electron chi connectivity index (χ3n) is 5.37. The van der Waals surface area contributed by atoms with Crippen LogP contribution in [0.25, 0.3) is 0 Å². The molecule has 1 atom stereocenters. The Morgan fingerprint density at radius 3 is 2.18 bits per heavy atom. The average molecular weight is 294 g/mol. The molecule has 2 aromatic rings. The molecule has 0 saturated carbocycles. The maximum absolute atomic E-state index is 10.0. The van der Waals surface area contributed by atoms with Crippen molar-refractivity contribution in [3.63, 3.8) is 0 Å². The molecule has 0 amide bonds. The lowest BCUT2D eigenvalue weighted by atomic mass is 9.72. The highest BCUT2D eigenvalue weighted by Gasteiger charge is 2.47. The molecule has 1 unspecified atom stereocenters. The van der Waals surface area contributed by atoms with Gasteiger partial charge in [-0.25, -0.2) is 0 Å². The summed E-state index contributed by atoms with van der Waals surface area (Å²) in [6, 6.07) is 10.7. The van der Waals surface area contributed by atoms with Crippen molar-refractivity contribution in [3.05, 3.63) is 63.7 Å². The molecule has 0 heterocycles. The third kappa shape index (κ3) is 2.06. The van der Waals surface area contributed by atoms with E-state index in [4.69, 9.17) is 0 Å². The molecule has 1 aliphatic rings. The Morgan fingerprint density at radius 1 is 0.864 bits per heavy atom. The number of fused-ring (bicyclic) bond motifs is 1. The van der Waals surface area contributed by atoms with Gasteiger partial charge in [0.05, 0.1) is 0 Å². The number of hydrogen-bond donors (Lipinski definition) is 1. The molecule has 0 fully saturated rings. The zero-order valence-electron chi connectivity index (χ0n) is 14.5. The Labute approximate surface area is 134 Å². The molecular formula is C21H26O. The first-order valence-electron chi connectivity index (χ1n) is 8.07. The van der Waals surface area contributed by atoms with Crippen LogP contribution in [0.3, 0.4) is 0 Å². The summed E-state index contributed by atoms with van der Waals surface area (Å²) in [4.78, 5) is 0. The Hall–Kier alpha value is -1.76. The Morgan fingerprint density at radius 2 is 1.55 bits per heavy atom. The fraction of sp³-hybridized carbons (Fsp3) is 0.429. The van der Waals surface area contributed by atoms with E-state index in [0.29, 0.717) is 5.75 Å². The molecular weight excluding hydrogens is 268 g/mol. The van der Waals surface area contributed by atoms with Gasteiger partial charge in [0.2, 0.25) is 0 Å². The van der Waals surface area contributed by atoms with E-state index in [1.165, 1.54) is 33.4 Å². The van der Waals surface area contributed by atoms with E-state index in [1.807, 2.05) is 12.1 Å². The summed E-state index contributed by atoms with van der Waals surface area (Å²) in [5, 5.41) is 10.0. The van der Waals surface area contributed by atoms with Gasteiger partial charge in [-0.2, -0.15) is 0 Å². The van der Waals surface area contributed by atoms with E-state index in [2.05, 4.69) is 59.7 Å². The monoisotopic (exact) mass is 294 g/mol. The van der Waals surface area contributed by atoms with Crippen LogP contribution in [0.15, 0.2) is 30.3 Å². The Bertz CT molecular complexity index is 755. The number of rotatable bonds is 1. The van der Waals surface area contributed by atoms with Gasteiger partial charge in [0.1, 0.15) is 5.75 Å². The van der Waals surface area contributed by atoms with Crippen molar-refractivity contribution in [2.75, 3.05) is 0 Å². The maximum atomic E-state index is 10.0. The van der Waals surface area contributed by atoms with Crippen molar-refractivity contribution in [1.29, 1.82) is 0 Å². The van der Waals surface area contributed by atoms with Crippen LogP contribution in [-0.2, 0) is 10.8 Å². The fourth-order valence-electron chi connectivity index (χ4n) is 4.76. The molecule has 0 aliphatic heterocycles. The minimum Gasteiger partial charge on any atom is -0.508 e. The van der Waals surface area contributed by atoms with Crippen LogP contribution in [0, 0.1) is 20.8 Å². The van der Waals surface area contributed by atoms with Crippen molar-refractivity contribution in [3.8, 4) is 5.75 Å². The number of aromatic hydroxyl groups is 1. The van der Waals surface area contributed by atoms with Crippen molar-refractivity contribution in [1.82, 2.24) is 0 Å². The minimum atomic E-state index is 0.00833. The van der Waals surface area contributed by atoms with E-state index in [-0.39, 0.29) is 10.8 Å². The van der Waals surface area contributed by atoms with Crippen LogP contribution in [0.5, 0.6) is 5.75 Å². The summed E-state index contributed by atoms with van der Waals surface area (Å²) < 4.78 is 0. The Kier molecular flexibility index (Phi) is 3.18. The lowest BCUT2D eigenvalue weighted by Gasteiger charge is -2.31. The molecule has 1 aliphatic carbocycles. The van der Waals surface area contributed by atoms with Crippen molar-refractivity contribution >= 4 is 0 Å². The zero-order valence-corrected chi connectivity index (χ0v) is 14.5. The number of phenolic OH excluding ortho intramolecular Hbond substituents is 1. The van der Waals surface area contributed by atoms with Gasteiger partial charge >= 0.3 is 0 Å². The van der Waals surface area contributed by atoms with Crippen LogP contribution < -0.4 is 0 Å². The summed E-state index contributed by atoms with van der Waals surface area (Å²) >= 11 is 0. The van der Waals surface area contributed by atoms with Crippen molar-refractivity contribution in [2.24, 2.45) is 0 Å². The highest BCUT2D eigenvalue weighted by molar-refractivity contribution is 5.58. The van der Waals surface area contributed by atoms with E-state index < -0.39 is 0 Å². The molecule has 0 saturated heterocycles. The molecule has 0 aromatic heterocycles. The fourth-order valence-corrected chi connectivity index (χ4v) is 4.76. The Balaban J connectivity index is 2.31. The first kappa shape index (κ1) is 15.1. The third-order valence-corrected chi connectivity index (χ3v) is 5.37. The van der Waals surface area contributed by atoms with Crippen LogP contribution in [0.4, 0.5) is 0 Å². The van der Waals surface area contributed by atoms with E-state index in [9.17, 15) is 5.11 Å². The molecule has 116 valence electrons. The standard InChI is InChI=1S/C21H26O/c1-13-7-8-17(14(2)9-13)21(6)12-20(4,5)18-11-16(22)10-15(3)19(18)21/h7-11,22H,12H2,1-6H3. The van der Waals surface area contributed by atoms with Gasteiger partial charge < -0.3 is 5.11 Å². The smallest absolute Gasteiger partial charge is 0.116 e. The molecule has 0 bridgehead atoms. The molecule has 0 spiro atoms. The average Bonchev–Trinajstić information content (AvgIpc) is 2.56. The number of aryl methyl sites for hydroxylation is 3. The van der Waals surface area contributed by atoms with Gasteiger partial charge in [0, 0.05) is 5.41 Å². The van der Waals surface area contributed by atoms with Gasteiger partial charge in [-0.15, -0.1) is 0 Å². The normalized spacial score (nSPS) is 22.6. The SMILES string of the molecule is Cc1ccc(C2(C)CC(C)(C)c3cc(O)cc(C)c32)c(C)c1.